The molecular weight excluding hydrogens is 587 g/mol. The van der Waals surface area contributed by atoms with Crippen LogP contribution in [0.5, 0.6) is 5.75 Å². The van der Waals surface area contributed by atoms with Crippen molar-refractivity contribution >= 4 is 35.8 Å². The molecule has 3 aromatic carbocycles. The second kappa shape index (κ2) is 12.6. The third-order valence-corrected chi connectivity index (χ3v) is 9.84. The smallest absolute Gasteiger partial charge is 0.387 e. The number of hydrogen-bond acceptors (Lipinski definition) is 4. The normalized spacial score (nSPS) is 13.5. The molecule has 1 atom stereocenters. The summed E-state index contributed by atoms with van der Waals surface area (Å²) in [6.07, 6.45) is 1.59. The van der Waals surface area contributed by atoms with E-state index in [1.54, 1.807) is 0 Å². The van der Waals surface area contributed by atoms with Gasteiger partial charge in [0.1, 0.15) is 16.9 Å². The van der Waals surface area contributed by atoms with Gasteiger partial charge in [0.05, 0.1) is 6.61 Å². The molecular formula is C41H57O4P. The molecule has 0 bridgehead atoms. The van der Waals surface area contributed by atoms with Gasteiger partial charge in [-0.05, 0) is 99.9 Å². The first-order chi connectivity index (χ1) is 21.0. The Kier molecular flexibility index (Phi) is 9.82. The van der Waals surface area contributed by atoms with Gasteiger partial charge in [-0.25, -0.2) is 0 Å². The van der Waals surface area contributed by atoms with Gasteiger partial charge < -0.3 is 13.5 Å². The van der Waals surface area contributed by atoms with Gasteiger partial charge >= 0.3 is 8.24 Å². The van der Waals surface area contributed by atoms with Crippen LogP contribution in [0, 0.1) is 6.92 Å². The third kappa shape index (κ3) is 7.77. The van der Waals surface area contributed by atoms with Gasteiger partial charge in [-0.2, -0.15) is 0 Å². The van der Waals surface area contributed by atoms with E-state index >= 15 is 0 Å². The maximum Gasteiger partial charge on any atom is 0.387 e. The minimum absolute atomic E-state index is 0.0482. The lowest BCUT2D eigenvalue weighted by Crippen LogP contribution is -2.18. The van der Waals surface area contributed by atoms with Crippen LogP contribution in [0.3, 0.4) is 0 Å². The van der Waals surface area contributed by atoms with Crippen LogP contribution in [0.2, 0.25) is 0 Å². The molecule has 0 radical (unpaired) electrons. The molecule has 4 nitrogen and oxygen atoms in total. The zero-order valence-corrected chi connectivity index (χ0v) is 31.8. The standard InChI is InChI=1S/C41H57O4P/c1-25(2)30-20-27(19-26(3)36(30)42)17-16-18-43-46-44-34-24-29(39(7,8)9)22-32(40(10,11)12)35(34)31-21-28(38(4,5)6)23-33(37(31)45-46)41(13,14)15/h19-24,42H,1,16-18H2,2-15H3. The van der Waals surface area contributed by atoms with Crippen LogP contribution in [0.1, 0.15) is 135 Å². The predicted octanol–water partition coefficient (Wildman–Crippen LogP) is 12.6. The average Bonchev–Trinajstić information content (AvgIpc) is 3.05. The van der Waals surface area contributed by atoms with E-state index in [0.717, 1.165) is 62.6 Å². The van der Waals surface area contributed by atoms with Crippen molar-refractivity contribution in [3.63, 3.8) is 0 Å². The summed E-state index contributed by atoms with van der Waals surface area (Å²) >= 11 is 0. The molecule has 1 aromatic heterocycles. The van der Waals surface area contributed by atoms with Crippen LogP contribution in [0.4, 0.5) is 0 Å². The first kappa shape index (κ1) is 35.9. The van der Waals surface area contributed by atoms with Crippen molar-refractivity contribution < 1.29 is 18.0 Å². The van der Waals surface area contributed by atoms with Gasteiger partial charge in [0, 0.05) is 21.9 Å². The van der Waals surface area contributed by atoms with Gasteiger partial charge in [0.25, 0.3) is 0 Å². The summed E-state index contributed by atoms with van der Waals surface area (Å²) in [4.78, 5) is 0. The Bertz CT molecular complexity index is 1810. The van der Waals surface area contributed by atoms with Crippen LogP contribution in [0.15, 0.2) is 51.4 Å². The lowest BCUT2D eigenvalue weighted by molar-refractivity contribution is 0.364. The van der Waals surface area contributed by atoms with E-state index in [4.69, 9.17) is 12.9 Å². The first-order valence-corrected chi connectivity index (χ1v) is 17.7. The highest BCUT2D eigenvalue weighted by Gasteiger charge is 2.29. The summed E-state index contributed by atoms with van der Waals surface area (Å²) < 4.78 is 20.2. The number of aryl methyl sites for hydroxylation is 2. The maximum absolute atomic E-state index is 10.5. The van der Waals surface area contributed by atoms with Crippen molar-refractivity contribution in [2.45, 2.75) is 131 Å². The average molecular weight is 645 g/mol. The topological polar surface area (TPSA) is 55.7 Å². The van der Waals surface area contributed by atoms with E-state index in [0.29, 0.717) is 12.4 Å². The summed E-state index contributed by atoms with van der Waals surface area (Å²) in [5, 5.41) is 12.7. The number of phenolic OH excluding ortho intramolecular Hbond substituents is 1. The molecule has 0 amide bonds. The van der Waals surface area contributed by atoms with Gasteiger partial charge in [0.2, 0.25) is 0 Å². The number of fused-ring (bicyclic) bond motifs is 3. The Balaban J connectivity index is 1.96. The molecule has 1 N–H and O–H groups in total. The van der Waals surface area contributed by atoms with E-state index in [-0.39, 0.29) is 21.7 Å². The number of phenols is 1. The van der Waals surface area contributed by atoms with E-state index in [9.17, 15) is 5.11 Å². The molecule has 0 saturated heterocycles. The fourth-order valence-corrected chi connectivity index (χ4v) is 6.93. The van der Waals surface area contributed by atoms with E-state index in [1.807, 2.05) is 26.0 Å². The summed E-state index contributed by atoms with van der Waals surface area (Å²) in [5.74, 6) is 0.307. The molecule has 1 unspecified atom stereocenters. The summed E-state index contributed by atoms with van der Waals surface area (Å²) in [6, 6.07) is 13.3. The summed E-state index contributed by atoms with van der Waals surface area (Å²) in [7, 11) is -1.73. The molecule has 0 spiro atoms. The molecule has 250 valence electrons. The zero-order chi connectivity index (χ0) is 34.6. The fraction of sp³-hybridized carbons (Fsp3) is 0.512. The molecule has 1 heterocycles. The van der Waals surface area contributed by atoms with Crippen LogP contribution in [-0.2, 0) is 28.1 Å². The van der Waals surface area contributed by atoms with Crippen LogP contribution in [0.25, 0.3) is 27.5 Å². The maximum atomic E-state index is 10.5. The third-order valence-electron chi connectivity index (χ3n) is 8.77. The van der Waals surface area contributed by atoms with Gasteiger partial charge in [-0.1, -0.05) is 108 Å². The Morgan fingerprint density at radius 2 is 1.33 bits per heavy atom. The van der Waals surface area contributed by atoms with Gasteiger partial charge in [0.15, 0.2) is 0 Å². The Hall–Kier alpha value is -2.94. The number of allylic oxidation sites excluding steroid dienone is 1. The summed E-state index contributed by atoms with van der Waals surface area (Å²) in [6.45, 7) is 35.5. The lowest BCUT2D eigenvalue weighted by Gasteiger charge is -2.28. The monoisotopic (exact) mass is 644 g/mol. The molecule has 0 aliphatic heterocycles. The number of aromatic hydroxyl groups is 1. The molecule has 0 saturated carbocycles. The SMILES string of the molecule is C=C(C)c1cc(CCCOp2oc3cc(C(C)(C)C)cc(C(C)(C)C)c3c3cc(C(C)(C)C)cc(C(C)(C)C)c3o2)cc(C)c1O. The molecule has 0 fully saturated rings. The number of rotatable bonds is 6. The van der Waals surface area contributed by atoms with Crippen molar-refractivity contribution in [1.82, 2.24) is 0 Å². The molecule has 4 rings (SSSR count). The highest BCUT2D eigenvalue weighted by molar-refractivity contribution is 7.31. The largest absolute Gasteiger partial charge is 0.507 e. The Morgan fingerprint density at radius 1 is 0.761 bits per heavy atom. The highest BCUT2D eigenvalue weighted by atomic mass is 31.1. The quantitative estimate of drug-likeness (QED) is 0.212. The van der Waals surface area contributed by atoms with Crippen molar-refractivity contribution in [2.75, 3.05) is 6.61 Å². The minimum atomic E-state index is -1.73. The number of hydrogen-bond donors (Lipinski definition) is 1. The second-order valence-corrected chi connectivity index (χ2v) is 18.3. The second-order valence-electron chi connectivity index (χ2n) is 17.2. The molecule has 4 aromatic rings. The Labute approximate surface area is 278 Å². The minimum Gasteiger partial charge on any atom is -0.507 e. The van der Waals surface area contributed by atoms with Crippen LogP contribution >= 0.6 is 8.24 Å². The first-order valence-electron chi connectivity index (χ1n) is 16.6. The molecule has 5 heteroatoms. The lowest BCUT2D eigenvalue weighted by atomic mass is 9.76. The van der Waals surface area contributed by atoms with Gasteiger partial charge in [-0.15, -0.1) is 0 Å². The summed E-state index contributed by atoms with van der Waals surface area (Å²) in [5.41, 5.74) is 9.86. The highest BCUT2D eigenvalue weighted by Crippen LogP contribution is 2.45. The van der Waals surface area contributed by atoms with Crippen molar-refractivity contribution in [1.29, 1.82) is 0 Å². The van der Waals surface area contributed by atoms with Crippen molar-refractivity contribution in [3.8, 4) is 5.75 Å². The zero-order valence-electron chi connectivity index (χ0n) is 30.9. The van der Waals surface area contributed by atoms with Crippen molar-refractivity contribution in [2.24, 2.45) is 0 Å². The number of benzene rings is 3. The van der Waals surface area contributed by atoms with Crippen molar-refractivity contribution in [3.05, 3.63) is 81.9 Å². The van der Waals surface area contributed by atoms with Crippen LogP contribution < -0.4 is 4.52 Å². The molecule has 0 aliphatic carbocycles. The van der Waals surface area contributed by atoms with Gasteiger partial charge in [-0.3, -0.25) is 4.52 Å². The van der Waals surface area contributed by atoms with E-state index in [2.05, 4.69) is 114 Å². The molecule has 46 heavy (non-hydrogen) atoms. The van der Waals surface area contributed by atoms with Crippen LogP contribution in [-0.4, -0.2) is 11.7 Å². The fourth-order valence-electron chi connectivity index (χ4n) is 5.86. The molecule has 0 aliphatic rings. The predicted molar refractivity (Wildman–Crippen MR) is 198 cm³/mol. The van der Waals surface area contributed by atoms with E-state index < -0.39 is 8.24 Å². The van der Waals surface area contributed by atoms with E-state index in [1.165, 1.54) is 16.7 Å². The Morgan fingerprint density at radius 3 is 1.87 bits per heavy atom.